The van der Waals surface area contributed by atoms with Gasteiger partial charge in [-0.1, -0.05) is 27.7 Å². The van der Waals surface area contributed by atoms with Crippen molar-refractivity contribution in [3.8, 4) is 0 Å². The van der Waals surface area contributed by atoms with Crippen molar-refractivity contribution < 1.29 is 0 Å². The SMILES string of the molecule is CC(C)C(C)(C)CNCCNCC1CC1. The Morgan fingerprint density at radius 2 is 1.73 bits per heavy atom. The second kappa shape index (κ2) is 5.86. The van der Waals surface area contributed by atoms with E-state index in [0.717, 1.165) is 31.5 Å². The predicted octanol–water partition coefficient (Wildman–Crippen LogP) is 2.26. The van der Waals surface area contributed by atoms with E-state index in [4.69, 9.17) is 0 Å². The molecule has 0 aliphatic heterocycles. The quantitative estimate of drug-likeness (QED) is 0.603. The molecule has 2 nitrogen and oxygen atoms in total. The second-order valence-corrected chi connectivity index (χ2v) is 5.97. The van der Waals surface area contributed by atoms with Gasteiger partial charge < -0.3 is 10.6 Å². The summed E-state index contributed by atoms with van der Waals surface area (Å²) in [5.74, 6) is 1.74. The highest BCUT2D eigenvalue weighted by Gasteiger charge is 2.21. The molecular weight excluding hydrogens is 184 g/mol. The van der Waals surface area contributed by atoms with Gasteiger partial charge in [0.05, 0.1) is 0 Å². The Labute approximate surface area is 95.2 Å². The molecule has 0 bridgehead atoms. The first-order valence-corrected chi connectivity index (χ1v) is 6.44. The standard InChI is InChI=1S/C13H28N2/c1-11(2)13(3,4)10-15-8-7-14-9-12-5-6-12/h11-12,14-15H,5-10H2,1-4H3. The lowest BCUT2D eigenvalue weighted by molar-refractivity contribution is 0.239. The molecule has 0 saturated heterocycles. The number of hydrogen-bond acceptors (Lipinski definition) is 2. The zero-order valence-corrected chi connectivity index (χ0v) is 10.9. The van der Waals surface area contributed by atoms with Crippen LogP contribution in [0.1, 0.15) is 40.5 Å². The summed E-state index contributed by atoms with van der Waals surface area (Å²) in [5.41, 5.74) is 0.413. The minimum absolute atomic E-state index is 0.413. The van der Waals surface area contributed by atoms with Crippen LogP contribution in [-0.4, -0.2) is 26.2 Å². The Bertz CT molecular complexity index is 171. The van der Waals surface area contributed by atoms with E-state index in [1.54, 1.807) is 0 Å². The molecule has 0 unspecified atom stereocenters. The van der Waals surface area contributed by atoms with Crippen molar-refractivity contribution in [1.82, 2.24) is 10.6 Å². The van der Waals surface area contributed by atoms with Crippen molar-refractivity contribution in [3.05, 3.63) is 0 Å². The number of nitrogens with one attached hydrogen (secondary N) is 2. The van der Waals surface area contributed by atoms with E-state index in [0.29, 0.717) is 5.41 Å². The molecule has 1 aliphatic carbocycles. The van der Waals surface area contributed by atoms with Crippen molar-refractivity contribution in [2.24, 2.45) is 17.3 Å². The molecular formula is C13H28N2. The van der Waals surface area contributed by atoms with Gasteiger partial charge in [-0.2, -0.15) is 0 Å². The number of rotatable bonds is 8. The van der Waals surface area contributed by atoms with E-state index in [1.807, 2.05) is 0 Å². The summed E-state index contributed by atoms with van der Waals surface area (Å²) < 4.78 is 0. The lowest BCUT2D eigenvalue weighted by Gasteiger charge is -2.29. The van der Waals surface area contributed by atoms with Crippen molar-refractivity contribution in [3.63, 3.8) is 0 Å². The predicted molar refractivity (Wildman–Crippen MR) is 67.1 cm³/mol. The van der Waals surface area contributed by atoms with E-state index in [1.165, 1.54) is 19.4 Å². The zero-order chi connectivity index (χ0) is 11.3. The maximum absolute atomic E-state index is 3.54. The highest BCUT2D eigenvalue weighted by atomic mass is 14.9. The minimum atomic E-state index is 0.413. The molecule has 0 aromatic heterocycles. The van der Waals surface area contributed by atoms with Crippen LogP contribution in [0.4, 0.5) is 0 Å². The van der Waals surface area contributed by atoms with Crippen LogP contribution >= 0.6 is 0 Å². The van der Waals surface area contributed by atoms with Gasteiger partial charge in [-0.25, -0.2) is 0 Å². The summed E-state index contributed by atoms with van der Waals surface area (Å²) in [5, 5.41) is 7.04. The molecule has 15 heavy (non-hydrogen) atoms. The molecule has 0 aromatic carbocycles. The molecule has 90 valence electrons. The van der Waals surface area contributed by atoms with E-state index in [2.05, 4.69) is 38.3 Å². The lowest BCUT2D eigenvalue weighted by Crippen LogP contribution is -2.37. The van der Waals surface area contributed by atoms with Crippen molar-refractivity contribution in [1.29, 1.82) is 0 Å². The normalized spacial score (nSPS) is 17.4. The van der Waals surface area contributed by atoms with E-state index in [9.17, 15) is 0 Å². The fourth-order valence-corrected chi connectivity index (χ4v) is 1.42. The molecule has 0 radical (unpaired) electrons. The van der Waals surface area contributed by atoms with E-state index in [-0.39, 0.29) is 0 Å². The van der Waals surface area contributed by atoms with Crippen molar-refractivity contribution in [2.75, 3.05) is 26.2 Å². The van der Waals surface area contributed by atoms with Gasteiger partial charge >= 0.3 is 0 Å². The Balaban J connectivity index is 1.90. The number of hydrogen-bond donors (Lipinski definition) is 2. The van der Waals surface area contributed by atoms with Crippen LogP contribution in [0.3, 0.4) is 0 Å². The van der Waals surface area contributed by atoms with Gasteiger partial charge in [0.15, 0.2) is 0 Å². The largest absolute Gasteiger partial charge is 0.315 e. The third kappa shape index (κ3) is 5.53. The first-order valence-electron chi connectivity index (χ1n) is 6.44. The van der Waals surface area contributed by atoms with E-state index < -0.39 is 0 Å². The van der Waals surface area contributed by atoms with Crippen LogP contribution in [0.25, 0.3) is 0 Å². The molecule has 2 N–H and O–H groups in total. The van der Waals surface area contributed by atoms with Crippen LogP contribution in [0, 0.1) is 17.3 Å². The average molecular weight is 212 g/mol. The Morgan fingerprint density at radius 1 is 1.13 bits per heavy atom. The topological polar surface area (TPSA) is 24.1 Å². The highest BCUT2D eigenvalue weighted by molar-refractivity contribution is 4.76. The van der Waals surface area contributed by atoms with Gasteiger partial charge in [0, 0.05) is 19.6 Å². The van der Waals surface area contributed by atoms with Gasteiger partial charge in [-0.3, -0.25) is 0 Å². The summed E-state index contributed by atoms with van der Waals surface area (Å²) in [6, 6.07) is 0. The van der Waals surface area contributed by atoms with E-state index >= 15 is 0 Å². The van der Waals surface area contributed by atoms with Crippen LogP contribution in [0.5, 0.6) is 0 Å². The minimum Gasteiger partial charge on any atom is -0.315 e. The average Bonchev–Trinajstić information content (AvgIpc) is 2.94. The van der Waals surface area contributed by atoms with Gasteiger partial charge in [0.25, 0.3) is 0 Å². The van der Waals surface area contributed by atoms with Gasteiger partial charge in [0.2, 0.25) is 0 Å². The van der Waals surface area contributed by atoms with Gasteiger partial charge in [-0.15, -0.1) is 0 Å². The zero-order valence-electron chi connectivity index (χ0n) is 10.9. The Morgan fingerprint density at radius 3 is 2.27 bits per heavy atom. The summed E-state index contributed by atoms with van der Waals surface area (Å²) >= 11 is 0. The van der Waals surface area contributed by atoms with Crippen LogP contribution in [-0.2, 0) is 0 Å². The third-order valence-electron chi connectivity index (χ3n) is 3.75. The molecule has 2 heteroatoms. The second-order valence-electron chi connectivity index (χ2n) is 5.97. The molecule has 0 aromatic rings. The summed E-state index contributed by atoms with van der Waals surface area (Å²) in [6.45, 7) is 13.8. The fraction of sp³-hybridized carbons (Fsp3) is 1.00. The van der Waals surface area contributed by atoms with Crippen molar-refractivity contribution >= 4 is 0 Å². The molecule has 0 amide bonds. The Kier molecular flexibility index (Phi) is 5.07. The monoisotopic (exact) mass is 212 g/mol. The Hall–Kier alpha value is -0.0800. The molecule has 0 atom stereocenters. The van der Waals surface area contributed by atoms with Gasteiger partial charge in [0.1, 0.15) is 0 Å². The smallest absolute Gasteiger partial charge is 0.00769 e. The molecule has 0 heterocycles. The van der Waals surface area contributed by atoms with Crippen molar-refractivity contribution in [2.45, 2.75) is 40.5 Å². The van der Waals surface area contributed by atoms with Crippen LogP contribution < -0.4 is 10.6 Å². The third-order valence-corrected chi connectivity index (χ3v) is 3.75. The first kappa shape index (κ1) is 13.0. The first-order chi connectivity index (χ1) is 7.02. The maximum Gasteiger partial charge on any atom is 0.00769 e. The van der Waals surface area contributed by atoms with Crippen LogP contribution in [0.15, 0.2) is 0 Å². The summed E-state index contributed by atoms with van der Waals surface area (Å²) in [4.78, 5) is 0. The summed E-state index contributed by atoms with van der Waals surface area (Å²) in [7, 11) is 0. The fourth-order valence-electron chi connectivity index (χ4n) is 1.42. The maximum atomic E-state index is 3.54. The summed E-state index contributed by atoms with van der Waals surface area (Å²) in [6.07, 6.45) is 2.89. The van der Waals surface area contributed by atoms with Gasteiger partial charge in [-0.05, 0) is 36.6 Å². The lowest BCUT2D eigenvalue weighted by atomic mass is 9.81. The molecule has 0 spiro atoms. The molecule has 1 rings (SSSR count). The molecule has 1 saturated carbocycles. The molecule has 1 fully saturated rings. The highest BCUT2D eigenvalue weighted by Crippen LogP contribution is 2.27. The van der Waals surface area contributed by atoms with Crippen LogP contribution in [0.2, 0.25) is 0 Å². The molecule has 1 aliphatic rings.